The fourth-order valence-electron chi connectivity index (χ4n) is 0.697. The predicted octanol–water partition coefficient (Wildman–Crippen LogP) is -0.0493. The van der Waals surface area contributed by atoms with Gasteiger partial charge >= 0.3 is 5.97 Å². The first kappa shape index (κ1) is 14.4. The number of nitrogens with one attached hydrogen (secondary N) is 1. The molecule has 0 aliphatic rings. The zero-order valence-electron chi connectivity index (χ0n) is 8.33. The van der Waals surface area contributed by atoms with Gasteiger partial charge in [-0.2, -0.15) is 0 Å². The third-order valence-electron chi connectivity index (χ3n) is 1.34. The molecule has 5 nitrogen and oxygen atoms in total. The SMILES string of the molecule is CC.CN[C@@H](CCC(=O)O)C(N)=O. The lowest BCUT2D eigenvalue weighted by Crippen LogP contribution is -2.39. The zero-order valence-corrected chi connectivity index (χ0v) is 8.33. The summed E-state index contributed by atoms with van der Waals surface area (Å²) in [6.07, 6.45) is 0.190. The van der Waals surface area contributed by atoms with E-state index in [1.165, 1.54) is 0 Å². The fourth-order valence-corrected chi connectivity index (χ4v) is 0.697. The van der Waals surface area contributed by atoms with Crippen LogP contribution < -0.4 is 11.1 Å². The molecule has 0 radical (unpaired) electrons. The molecule has 0 heterocycles. The molecule has 0 saturated heterocycles. The van der Waals surface area contributed by atoms with E-state index >= 15 is 0 Å². The van der Waals surface area contributed by atoms with Crippen LogP contribution in [0.5, 0.6) is 0 Å². The molecule has 4 N–H and O–H groups in total. The third kappa shape index (κ3) is 8.81. The van der Waals surface area contributed by atoms with E-state index in [4.69, 9.17) is 10.8 Å². The van der Waals surface area contributed by atoms with Gasteiger partial charge in [-0.1, -0.05) is 13.8 Å². The lowest BCUT2D eigenvalue weighted by molar-refractivity contribution is -0.137. The Morgan fingerprint density at radius 1 is 1.46 bits per heavy atom. The summed E-state index contributed by atoms with van der Waals surface area (Å²) in [6, 6.07) is -0.536. The monoisotopic (exact) mass is 190 g/mol. The van der Waals surface area contributed by atoms with Crippen LogP contribution in [0.1, 0.15) is 26.7 Å². The maximum atomic E-state index is 10.5. The second-order valence-electron chi connectivity index (χ2n) is 2.18. The summed E-state index contributed by atoms with van der Waals surface area (Å²) >= 11 is 0. The van der Waals surface area contributed by atoms with Crippen molar-refractivity contribution in [2.45, 2.75) is 32.7 Å². The van der Waals surface area contributed by atoms with Crippen LogP contribution in [-0.2, 0) is 9.59 Å². The summed E-state index contributed by atoms with van der Waals surface area (Å²) in [5.41, 5.74) is 4.94. The molecule has 0 saturated carbocycles. The number of amides is 1. The topological polar surface area (TPSA) is 92.4 Å². The summed E-state index contributed by atoms with van der Waals surface area (Å²) in [4.78, 5) is 20.6. The highest BCUT2D eigenvalue weighted by molar-refractivity contribution is 5.80. The van der Waals surface area contributed by atoms with Crippen molar-refractivity contribution in [2.24, 2.45) is 5.73 Å². The van der Waals surface area contributed by atoms with Crippen molar-refractivity contribution in [2.75, 3.05) is 7.05 Å². The Kier molecular flexibility index (Phi) is 9.98. The minimum atomic E-state index is -0.925. The maximum absolute atomic E-state index is 10.5. The van der Waals surface area contributed by atoms with E-state index in [1.807, 2.05) is 13.8 Å². The molecule has 0 unspecified atom stereocenters. The standard InChI is InChI=1S/C6H12N2O3.C2H6/c1-8-4(6(7)11)2-3-5(9)10;1-2/h4,8H,2-3H2,1H3,(H2,7,11)(H,9,10);1-2H3/t4-;/m0./s1. The average molecular weight is 190 g/mol. The van der Waals surface area contributed by atoms with Crippen molar-refractivity contribution in [1.82, 2.24) is 5.32 Å². The van der Waals surface area contributed by atoms with Crippen LogP contribution in [0.4, 0.5) is 0 Å². The zero-order chi connectivity index (χ0) is 10.9. The molecule has 0 bridgehead atoms. The third-order valence-corrected chi connectivity index (χ3v) is 1.34. The summed E-state index contributed by atoms with van der Waals surface area (Å²) in [5, 5.41) is 10.9. The average Bonchev–Trinajstić information content (AvgIpc) is 2.08. The normalized spacial score (nSPS) is 11.0. The van der Waals surface area contributed by atoms with Gasteiger partial charge in [0.15, 0.2) is 0 Å². The van der Waals surface area contributed by atoms with Crippen molar-refractivity contribution in [3.05, 3.63) is 0 Å². The molecule has 78 valence electrons. The van der Waals surface area contributed by atoms with E-state index < -0.39 is 17.9 Å². The number of likely N-dealkylation sites (N-methyl/N-ethyl adjacent to an activating group) is 1. The summed E-state index contributed by atoms with van der Waals surface area (Å²) in [5.74, 6) is -1.44. The molecular weight excluding hydrogens is 172 g/mol. The molecule has 1 atom stereocenters. The molecule has 0 rings (SSSR count). The highest BCUT2D eigenvalue weighted by atomic mass is 16.4. The Balaban J connectivity index is 0. The summed E-state index contributed by atoms with van der Waals surface area (Å²) < 4.78 is 0. The van der Waals surface area contributed by atoms with E-state index in [0.717, 1.165) is 0 Å². The van der Waals surface area contributed by atoms with Gasteiger partial charge in [-0.05, 0) is 13.5 Å². The number of nitrogens with two attached hydrogens (primary N) is 1. The van der Waals surface area contributed by atoms with Gasteiger partial charge in [0.05, 0.1) is 6.04 Å². The minimum Gasteiger partial charge on any atom is -0.481 e. The molecule has 5 heteroatoms. The predicted molar refractivity (Wildman–Crippen MR) is 50.3 cm³/mol. The number of rotatable bonds is 5. The van der Waals surface area contributed by atoms with Crippen LogP contribution in [0.3, 0.4) is 0 Å². The van der Waals surface area contributed by atoms with E-state index in [2.05, 4.69) is 5.32 Å². The second-order valence-corrected chi connectivity index (χ2v) is 2.18. The van der Waals surface area contributed by atoms with Crippen molar-refractivity contribution in [3.8, 4) is 0 Å². The largest absolute Gasteiger partial charge is 0.481 e. The van der Waals surface area contributed by atoms with Crippen LogP contribution in [0, 0.1) is 0 Å². The van der Waals surface area contributed by atoms with Crippen molar-refractivity contribution >= 4 is 11.9 Å². The van der Waals surface area contributed by atoms with Crippen LogP contribution in [0.25, 0.3) is 0 Å². The van der Waals surface area contributed by atoms with E-state index in [1.54, 1.807) is 7.05 Å². The highest BCUT2D eigenvalue weighted by Crippen LogP contribution is 1.95. The Morgan fingerprint density at radius 2 is 1.92 bits per heavy atom. The number of carbonyl (C=O) groups excluding carboxylic acids is 1. The Labute approximate surface area is 78.3 Å². The van der Waals surface area contributed by atoms with Gasteiger partial charge in [0, 0.05) is 6.42 Å². The number of carboxylic acids is 1. The number of hydrogen-bond donors (Lipinski definition) is 3. The summed E-state index contributed by atoms with van der Waals surface area (Å²) in [6.45, 7) is 4.00. The van der Waals surface area contributed by atoms with E-state index in [9.17, 15) is 9.59 Å². The molecule has 0 fully saturated rings. The van der Waals surface area contributed by atoms with Gasteiger partial charge in [0.25, 0.3) is 0 Å². The number of aliphatic carboxylic acids is 1. The molecular formula is C8H18N2O3. The molecule has 0 aromatic heterocycles. The Morgan fingerprint density at radius 3 is 2.15 bits per heavy atom. The quantitative estimate of drug-likeness (QED) is 0.566. The van der Waals surface area contributed by atoms with Gasteiger partial charge in [-0.25, -0.2) is 0 Å². The van der Waals surface area contributed by atoms with Crippen LogP contribution >= 0.6 is 0 Å². The first-order chi connectivity index (χ1) is 6.07. The van der Waals surface area contributed by atoms with Gasteiger partial charge in [-0.3, -0.25) is 9.59 Å². The Hall–Kier alpha value is -1.10. The second kappa shape index (κ2) is 8.99. The van der Waals surface area contributed by atoms with Gasteiger partial charge in [0.1, 0.15) is 0 Å². The van der Waals surface area contributed by atoms with Gasteiger partial charge in [-0.15, -0.1) is 0 Å². The van der Waals surface area contributed by atoms with Gasteiger partial charge < -0.3 is 16.2 Å². The van der Waals surface area contributed by atoms with Crippen LogP contribution in [0.2, 0.25) is 0 Å². The van der Waals surface area contributed by atoms with Gasteiger partial charge in [0.2, 0.25) is 5.91 Å². The minimum absolute atomic E-state index is 0.0472. The van der Waals surface area contributed by atoms with Crippen molar-refractivity contribution in [3.63, 3.8) is 0 Å². The lowest BCUT2D eigenvalue weighted by Gasteiger charge is -2.09. The lowest BCUT2D eigenvalue weighted by atomic mass is 10.1. The highest BCUT2D eigenvalue weighted by Gasteiger charge is 2.13. The number of hydrogen-bond acceptors (Lipinski definition) is 3. The fraction of sp³-hybridized carbons (Fsp3) is 0.750. The maximum Gasteiger partial charge on any atom is 0.303 e. The first-order valence-electron chi connectivity index (χ1n) is 4.26. The molecule has 0 spiro atoms. The Bertz CT molecular complexity index is 159. The van der Waals surface area contributed by atoms with Crippen molar-refractivity contribution in [1.29, 1.82) is 0 Å². The smallest absolute Gasteiger partial charge is 0.303 e. The van der Waals surface area contributed by atoms with Crippen LogP contribution in [-0.4, -0.2) is 30.1 Å². The molecule has 0 aromatic rings. The van der Waals surface area contributed by atoms with Crippen molar-refractivity contribution < 1.29 is 14.7 Å². The molecule has 0 aliphatic carbocycles. The summed E-state index contributed by atoms with van der Waals surface area (Å²) in [7, 11) is 1.57. The van der Waals surface area contributed by atoms with E-state index in [0.29, 0.717) is 0 Å². The number of carbonyl (C=O) groups is 2. The molecule has 0 aliphatic heterocycles. The van der Waals surface area contributed by atoms with E-state index in [-0.39, 0.29) is 12.8 Å². The molecule has 13 heavy (non-hydrogen) atoms. The molecule has 1 amide bonds. The first-order valence-corrected chi connectivity index (χ1v) is 4.26. The van der Waals surface area contributed by atoms with Crippen LogP contribution in [0.15, 0.2) is 0 Å². The number of primary amides is 1. The number of carboxylic acid groups (broad SMARTS) is 1. The molecule has 0 aromatic carbocycles.